The van der Waals surface area contributed by atoms with E-state index < -0.39 is 10.0 Å². The number of methoxy groups -OCH3 is 1. The quantitative estimate of drug-likeness (QED) is 0.657. The molecule has 0 aliphatic heterocycles. The molecule has 0 bridgehead atoms. The molecule has 0 aromatic heterocycles. The van der Waals surface area contributed by atoms with Gasteiger partial charge in [0.1, 0.15) is 5.75 Å². The van der Waals surface area contributed by atoms with Crippen LogP contribution in [0.5, 0.6) is 5.75 Å². The second-order valence-electron chi connectivity index (χ2n) is 7.47. The third-order valence-corrected chi connectivity index (χ3v) is 6.78. The maximum Gasteiger partial charge on any atom is 0.232 e. The van der Waals surface area contributed by atoms with Gasteiger partial charge in [-0.25, -0.2) is 8.42 Å². The molecular formula is C22H27ClN2O4S. The van der Waals surface area contributed by atoms with E-state index in [1.54, 1.807) is 18.2 Å². The first kappa shape index (κ1) is 22.4. The first-order valence-electron chi connectivity index (χ1n) is 9.98. The van der Waals surface area contributed by atoms with Gasteiger partial charge in [-0.3, -0.25) is 9.10 Å². The molecule has 1 aliphatic rings. The van der Waals surface area contributed by atoms with E-state index >= 15 is 0 Å². The number of amides is 1. The van der Waals surface area contributed by atoms with Gasteiger partial charge in [-0.05, 0) is 55.0 Å². The van der Waals surface area contributed by atoms with Gasteiger partial charge in [-0.2, -0.15) is 0 Å². The van der Waals surface area contributed by atoms with E-state index in [4.69, 9.17) is 16.3 Å². The predicted octanol–water partition coefficient (Wildman–Crippen LogP) is 4.09. The second kappa shape index (κ2) is 9.71. The van der Waals surface area contributed by atoms with Gasteiger partial charge >= 0.3 is 0 Å². The molecule has 1 N–H and O–H groups in total. The highest BCUT2D eigenvalue weighted by atomic mass is 35.5. The molecule has 0 saturated heterocycles. The van der Waals surface area contributed by atoms with E-state index in [-0.39, 0.29) is 24.9 Å². The van der Waals surface area contributed by atoms with Gasteiger partial charge in [0.2, 0.25) is 15.9 Å². The lowest BCUT2D eigenvalue weighted by Gasteiger charge is -2.27. The van der Waals surface area contributed by atoms with Gasteiger partial charge < -0.3 is 10.1 Å². The molecule has 8 heteroatoms. The number of nitrogens with one attached hydrogen (secondary N) is 1. The number of benzene rings is 2. The van der Waals surface area contributed by atoms with Crippen LogP contribution in [0.3, 0.4) is 0 Å². The van der Waals surface area contributed by atoms with E-state index in [9.17, 15) is 13.2 Å². The summed E-state index contributed by atoms with van der Waals surface area (Å²) in [5.74, 6) is 0.402. The number of carbonyl (C=O) groups excluding carboxylic acids is 1. The molecule has 6 nitrogen and oxygen atoms in total. The summed E-state index contributed by atoms with van der Waals surface area (Å²) in [6.45, 7) is 0.191. The maximum atomic E-state index is 12.5. The van der Waals surface area contributed by atoms with Gasteiger partial charge in [-0.15, -0.1) is 0 Å². The van der Waals surface area contributed by atoms with Crippen molar-refractivity contribution in [2.75, 3.05) is 24.2 Å². The van der Waals surface area contributed by atoms with Crippen LogP contribution in [0.25, 0.3) is 0 Å². The zero-order valence-corrected chi connectivity index (χ0v) is 18.8. The van der Waals surface area contributed by atoms with Crippen molar-refractivity contribution >= 4 is 33.2 Å². The van der Waals surface area contributed by atoms with E-state index in [0.717, 1.165) is 25.5 Å². The van der Waals surface area contributed by atoms with Crippen LogP contribution < -0.4 is 14.4 Å². The van der Waals surface area contributed by atoms with Crippen molar-refractivity contribution in [3.63, 3.8) is 0 Å². The zero-order valence-electron chi connectivity index (χ0n) is 17.2. The van der Waals surface area contributed by atoms with Crippen LogP contribution in [-0.2, 0) is 21.2 Å². The molecule has 0 radical (unpaired) electrons. The number of carbonyl (C=O) groups is 1. The number of nitrogens with zero attached hydrogens (tertiary/aromatic N) is 1. The number of aryl methyl sites for hydroxylation is 1. The van der Waals surface area contributed by atoms with Crippen molar-refractivity contribution in [1.82, 2.24) is 5.32 Å². The predicted molar refractivity (Wildman–Crippen MR) is 120 cm³/mol. The fraction of sp³-hybridized carbons (Fsp3) is 0.409. The Bertz CT molecular complexity index is 1010. The smallest absolute Gasteiger partial charge is 0.232 e. The molecule has 30 heavy (non-hydrogen) atoms. The fourth-order valence-electron chi connectivity index (χ4n) is 3.85. The number of sulfonamides is 1. The average Bonchev–Trinajstić information content (AvgIpc) is 2.70. The van der Waals surface area contributed by atoms with Crippen LogP contribution >= 0.6 is 11.6 Å². The summed E-state index contributed by atoms with van der Waals surface area (Å²) >= 11 is 6.15. The topological polar surface area (TPSA) is 75.7 Å². The third-order valence-electron chi connectivity index (χ3n) is 5.29. The highest BCUT2D eigenvalue weighted by Crippen LogP contribution is 2.31. The Morgan fingerprint density at radius 3 is 2.73 bits per heavy atom. The normalized spacial score (nSPS) is 15.9. The Balaban J connectivity index is 1.61. The minimum atomic E-state index is -3.52. The summed E-state index contributed by atoms with van der Waals surface area (Å²) in [6, 6.07) is 13.0. The summed E-state index contributed by atoms with van der Waals surface area (Å²) in [5, 5.41) is 3.44. The van der Waals surface area contributed by atoms with Crippen molar-refractivity contribution in [2.24, 2.45) is 0 Å². The Hall–Kier alpha value is -2.25. The molecule has 0 spiro atoms. The minimum absolute atomic E-state index is 0.0221. The molecule has 1 atom stereocenters. The Kier molecular flexibility index (Phi) is 7.26. The second-order valence-corrected chi connectivity index (χ2v) is 9.78. The molecule has 1 amide bonds. The SMILES string of the molecule is COc1ccc(N(CCCC(=O)N[C@@H]2CCCc3ccccc32)S(C)(=O)=O)cc1Cl. The van der Waals surface area contributed by atoms with E-state index in [0.29, 0.717) is 22.9 Å². The Morgan fingerprint density at radius 2 is 2.03 bits per heavy atom. The van der Waals surface area contributed by atoms with Crippen LogP contribution in [0.15, 0.2) is 42.5 Å². The molecule has 0 saturated carbocycles. The van der Waals surface area contributed by atoms with E-state index in [1.165, 1.54) is 22.5 Å². The van der Waals surface area contributed by atoms with Crippen LogP contribution in [-0.4, -0.2) is 34.2 Å². The number of halogens is 1. The standard InChI is InChI=1S/C22H27ClN2O4S/c1-29-21-13-12-17(15-19(21)23)25(30(2,27)28)14-6-11-22(26)24-20-10-5-8-16-7-3-4-9-18(16)20/h3-4,7,9,12-13,15,20H,5-6,8,10-11,14H2,1-2H3,(H,24,26)/t20-/m1/s1. The van der Waals surface area contributed by atoms with Crippen LogP contribution in [0.4, 0.5) is 5.69 Å². The summed E-state index contributed by atoms with van der Waals surface area (Å²) in [4.78, 5) is 12.5. The highest BCUT2D eigenvalue weighted by Gasteiger charge is 2.22. The summed E-state index contributed by atoms with van der Waals surface area (Å²) in [5.41, 5.74) is 2.92. The van der Waals surface area contributed by atoms with Crippen molar-refractivity contribution < 1.29 is 17.9 Å². The lowest BCUT2D eigenvalue weighted by atomic mass is 9.87. The largest absolute Gasteiger partial charge is 0.495 e. The number of rotatable bonds is 8. The van der Waals surface area contributed by atoms with Crippen molar-refractivity contribution in [3.05, 3.63) is 58.6 Å². The Labute approximate surface area is 183 Å². The van der Waals surface area contributed by atoms with Crippen molar-refractivity contribution in [1.29, 1.82) is 0 Å². The van der Waals surface area contributed by atoms with Gasteiger partial charge in [0, 0.05) is 13.0 Å². The van der Waals surface area contributed by atoms with Gasteiger partial charge in [0.15, 0.2) is 0 Å². The monoisotopic (exact) mass is 450 g/mol. The molecule has 162 valence electrons. The molecule has 0 unspecified atom stereocenters. The lowest BCUT2D eigenvalue weighted by molar-refractivity contribution is -0.122. The number of ether oxygens (including phenoxy) is 1. The van der Waals surface area contributed by atoms with Gasteiger partial charge in [-0.1, -0.05) is 35.9 Å². The van der Waals surface area contributed by atoms with Crippen LogP contribution in [0.1, 0.15) is 42.9 Å². The summed E-state index contributed by atoms with van der Waals surface area (Å²) in [6.07, 6.45) is 4.79. The van der Waals surface area contributed by atoms with Crippen molar-refractivity contribution in [2.45, 2.75) is 38.1 Å². The number of hydrogen-bond acceptors (Lipinski definition) is 4. The average molecular weight is 451 g/mol. The number of fused-ring (bicyclic) bond motifs is 1. The summed E-state index contributed by atoms with van der Waals surface area (Å²) < 4.78 is 30.9. The minimum Gasteiger partial charge on any atom is -0.495 e. The molecule has 0 fully saturated rings. The highest BCUT2D eigenvalue weighted by molar-refractivity contribution is 7.92. The first-order valence-corrected chi connectivity index (χ1v) is 12.2. The van der Waals surface area contributed by atoms with Crippen molar-refractivity contribution in [3.8, 4) is 5.75 Å². The molecule has 3 rings (SSSR count). The third kappa shape index (κ3) is 5.46. The van der Waals surface area contributed by atoms with Crippen LogP contribution in [0, 0.1) is 0 Å². The van der Waals surface area contributed by atoms with Gasteiger partial charge in [0.05, 0.1) is 30.1 Å². The lowest BCUT2D eigenvalue weighted by Crippen LogP contribution is -2.33. The fourth-order valence-corrected chi connectivity index (χ4v) is 5.06. The summed E-state index contributed by atoms with van der Waals surface area (Å²) in [7, 11) is -2.02. The van der Waals surface area contributed by atoms with Crippen LogP contribution in [0.2, 0.25) is 5.02 Å². The zero-order chi connectivity index (χ0) is 21.7. The molecule has 0 heterocycles. The van der Waals surface area contributed by atoms with E-state index in [2.05, 4.69) is 17.4 Å². The number of anilines is 1. The molecule has 1 aliphatic carbocycles. The first-order chi connectivity index (χ1) is 14.3. The Morgan fingerprint density at radius 1 is 1.27 bits per heavy atom. The molecule has 2 aromatic carbocycles. The maximum absolute atomic E-state index is 12.5. The number of hydrogen-bond donors (Lipinski definition) is 1. The van der Waals surface area contributed by atoms with E-state index in [1.807, 2.05) is 12.1 Å². The molecule has 2 aromatic rings. The molecular weight excluding hydrogens is 424 g/mol. The van der Waals surface area contributed by atoms with Gasteiger partial charge in [0.25, 0.3) is 0 Å².